The van der Waals surface area contributed by atoms with Crippen LogP contribution in [-0.2, 0) is 18.0 Å². The number of carbonyl (C=O) groups excluding carboxylic acids is 1. The second kappa shape index (κ2) is 3.27. The molecule has 3 heteroatoms. The van der Waals surface area contributed by atoms with Gasteiger partial charge in [0.2, 0.25) is 0 Å². The van der Waals surface area contributed by atoms with E-state index in [1.807, 2.05) is 0 Å². The standard InChI is InChI=1S/C11H10O3/c1-2-8-7(5-12)3-4-9-10(8)6-14-11(9)13/h2-4,12H,1,5-6H2. The molecule has 1 heterocycles. The van der Waals surface area contributed by atoms with Crippen LogP contribution in [0.2, 0.25) is 0 Å². The van der Waals surface area contributed by atoms with Crippen LogP contribution in [0.25, 0.3) is 6.08 Å². The number of ether oxygens (including phenoxy) is 1. The van der Waals surface area contributed by atoms with Crippen molar-refractivity contribution < 1.29 is 14.6 Å². The molecule has 2 rings (SSSR count). The van der Waals surface area contributed by atoms with Gasteiger partial charge in [0.1, 0.15) is 6.61 Å². The molecule has 0 amide bonds. The topological polar surface area (TPSA) is 46.5 Å². The van der Waals surface area contributed by atoms with Crippen molar-refractivity contribution in [3.63, 3.8) is 0 Å². The van der Waals surface area contributed by atoms with Gasteiger partial charge in [-0.05, 0) is 17.2 Å². The molecule has 1 aromatic carbocycles. The lowest BCUT2D eigenvalue weighted by molar-refractivity contribution is 0.0535. The normalized spacial score (nSPS) is 13.6. The summed E-state index contributed by atoms with van der Waals surface area (Å²) in [5.41, 5.74) is 3.00. The first-order chi connectivity index (χ1) is 6.77. The molecule has 3 nitrogen and oxygen atoms in total. The van der Waals surface area contributed by atoms with Crippen molar-refractivity contribution in [3.8, 4) is 0 Å². The molecule has 0 atom stereocenters. The lowest BCUT2D eigenvalue weighted by Crippen LogP contribution is -1.97. The van der Waals surface area contributed by atoms with Gasteiger partial charge in [0.15, 0.2) is 0 Å². The Balaban J connectivity index is 2.65. The average Bonchev–Trinajstić information content (AvgIpc) is 2.59. The third-order valence-corrected chi connectivity index (χ3v) is 2.39. The second-order valence-electron chi connectivity index (χ2n) is 3.10. The Morgan fingerprint density at radius 1 is 1.57 bits per heavy atom. The highest BCUT2D eigenvalue weighted by Crippen LogP contribution is 2.27. The number of hydrogen-bond acceptors (Lipinski definition) is 3. The number of cyclic esters (lactones) is 1. The van der Waals surface area contributed by atoms with E-state index in [-0.39, 0.29) is 19.2 Å². The van der Waals surface area contributed by atoms with Gasteiger partial charge in [0.25, 0.3) is 0 Å². The van der Waals surface area contributed by atoms with Crippen molar-refractivity contribution in [1.29, 1.82) is 0 Å². The zero-order chi connectivity index (χ0) is 10.1. The van der Waals surface area contributed by atoms with Gasteiger partial charge in [0.05, 0.1) is 12.2 Å². The fourth-order valence-corrected chi connectivity index (χ4v) is 1.67. The van der Waals surface area contributed by atoms with E-state index in [2.05, 4.69) is 6.58 Å². The maximum Gasteiger partial charge on any atom is 0.338 e. The zero-order valence-corrected chi connectivity index (χ0v) is 7.62. The van der Waals surface area contributed by atoms with Crippen molar-refractivity contribution in [3.05, 3.63) is 41.0 Å². The molecule has 0 spiro atoms. The minimum absolute atomic E-state index is 0.0528. The van der Waals surface area contributed by atoms with Gasteiger partial charge in [-0.15, -0.1) is 0 Å². The Kier molecular flexibility index (Phi) is 2.09. The molecule has 1 aliphatic heterocycles. The first-order valence-corrected chi connectivity index (χ1v) is 4.33. The van der Waals surface area contributed by atoms with E-state index in [1.165, 1.54) is 0 Å². The predicted molar refractivity (Wildman–Crippen MR) is 51.6 cm³/mol. The number of aliphatic hydroxyl groups is 1. The minimum Gasteiger partial charge on any atom is -0.457 e. The van der Waals surface area contributed by atoms with E-state index in [0.717, 1.165) is 16.7 Å². The van der Waals surface area contributed by atoms with E-state index in [0.29, 0.717) is 5.56 Å². The van der Waals surface area contributed by atoms with Crippen LogP contribution < -0.4 is 0 Å². The molecule has 0 aliphatic carbocycles. The third kappa shape index (κ3) is 1.14. The molecule has 0 aromatic heterocycles. The molecule has 0 unspecified atom stereocenters. The summed E-state index contributed by atoms with van der Waals surface area (Å²) in [5, 5.41) is 9.07. The van der Waals surface area contributed by atoms with Gasteiger partial charge < -0.3 is 9.84 Å². The maximum atomic E-state index is 11.2. The van der Waals surface area contributed by atoms with E-state index in [9.17, 15) is 4.79 Å². The Morgan fingerprint density at radius 2 is 2.36 bits per heavy atom. The SMILES string of the molecule is C=Cc1c(CO)ccc2c1COC2=O. The number of aliphatic hydroxyl groups excluding tert-OH is 1. The molecule has 72 valence electrons. The Labute approximate surface area is 81.6 Å². The van der Waals surface area contributed by atoms with Crippen LogP contribution in [-0.4, -0.2) is 11.1 Å². The van der Waals surface area contributed by atoms with Crippen LogP contribution in [0.4, 0.5) is 0 Å². The first kappa shape index (κ1) is 8.97. The molecular formula is C11H10O3. The fourth-order valence-electron chi connectivity index (χ4n) is 1.67. The van der Waals surface area contributed by atoms with E-state index < -0.39 is 0 Å². The minimum atomic E-state index is -0.299. The van der Waals surface area contributed by atoms with Crippen LogP contribution >= 0.6 is 0 Å². The number of rotatable bonds is 2. The van der Waals surface area contributed by atoms with Gasteiger partial charge in [-0.1, -0.05) is 18.7 Å². The summed E-state index contributed by atoms with van der Waals surface area (Å²) in [7, 11) is 0. The lowest BCUT2D eigenvalue weighted by Gasteiger charge is -2.06. The summed E-state index contributed by atoms with van der Waals surface area (Å²) in [6, 6.07) is 3.41. The average molecular weight is 190 g/mol. The summed E-state index contributed by atoms with van der Waals surface area (Å²) >= 11 is 0. The van der Waals surface area contributed by atoms with Crippen molar-refractivity contribution >= 4 is 12.0 Å². The number of benzene rings is 1. The highest BCUT2D eigenvalue weighted by atomic mass is 16.5. The van der Waals surface area contributed by atoms with Gasteiger partial charge in [0, 0.05) is 5.56 Å². The van der Waals surface area contributed by atoms with Crippen LogP contribution in [0.15, 0.2) is 18.7 Å². The quantitative estimate of drug-likeness (QED) is 0.719. The summed E-state index contributed by atoms with van der Waals surface area (Å²) < 4.78 is 4.90. The Morgan fingerprint density at radius 3 is 3.00 bits per heavy atom. The van der Waals surface area contributed by atoms with Crippen molar-refractivity contribution in [2.24, 2.45) is 0 Å². The third-order valence-electron chi connectivity index (χ3n) is 2.39. The van der Waals surface area contributed by atoms with Crippen molar-refractivity contribution in [2.75, 3.05) is 0 Å². The van der Waals surface area contributed by atoms with Gasteiger partial charge in [-0.2, -0.15) is 0 Å². The lowest BCUT2D eigenvalue weighted by atomic mass is 9.98. The molecule has 14 heavy (non-hydrogen) atoms. The molecule has 1 N–H and O–H groups in total. The molecule has 0 radical (unpaired) electrons. The van der Waals surface area contributed by atoms with Crippen LogP contribution in [0.1, 0.15) is 27.0 Å². The number of hydrogen-bond donors (Lipinski definition) is 1. The highest BCUT2D eigenvalue weighted by molar-refractivity contribution is 5.94. The zero-order valence-electron chi connectivity index (χ0n) is 7.62. The summed E-state index contributed by atoms with van der Waals surface area (Å²) in [6.07, 6.45) is 1.65. The van der Waals surface area contributed by atoms with E-state index >= 15 is 0 Å². The van der Waals surface area contributed by atoms with Crippen LogP contribution in [0.5, 0.6) is 0 Å². The smallest absolute Gasteiger partial charge is 0.338 e. The predicted octanol–water partition coefficient (Wildman–Crippen LogP) is 1.49. The fraction of sp³-hybridized carbons (Fsp3) is 0.182. The Hall–Kier alpha value is -1.61. The van der Waals surface area contributed by atoms with Crippen LogP contribution in [0, 0.1) is 0 Å². The first-order valence-electron chi connectivity index (χ1n) is 4.33. The summed E-state index contributed by atoms with van der Waals surface area (Å²) in [5.74, 6) is -0.299. The van der Waals surface area contributed by atoms with E-state index in [1.54, 1.807) is 18.2 Å². The molecule has 1 aromatic rings. The second-order valence-corrected chi connectivity index (χ2v) is 3.10. The summed E-state index contributed by atoms with van der Waals surface area (Å²) in [6.45, 7) is 3.89. The number of carbonyl (C=O) groups is 1. The van der Waals surface area contributed by atoms with Gasteiger partial charge in [-0.3, -0.25) is 0 Å². The molecule has 0 fully saturated rings. The van der Waals surface area contributed by atoms with E-state index in [4.69, 9.17) is 9.84 Å². The van der Waals surface area contributed by atoms with Gasteiger partial charge in [-0.25, -0.2) is 4.79 Å². The molecule has 0 saturated carbocycles. The van der Waals surface area contributed by atoms with Crippen molar-refractivity contribution in [2.45, 2.75) is 13.2 Å². The highest BCUT2D eigenvalue weighted by Gasteiger charge is 2.24. The monoisotopic (exact) mass is 190 g/mol. The van der Waals surface area contributed by atoms with Gasteiger partial charge >= 0.3 is 5.97 Å². The molecule has 1 aliphatic rings. The Bertz CT molecular complexity index is 407. The number of fused-ring (bicyclic) bond motifs is 1. The van der Waals surface area contributed by atoms with Crippen molar-refractivity contribution in [1.82, 2.24) is 0 Å². The molecule has 0 bridgehead atoms. The maximum absolute atomic E-state index is 11.2. The molecule has 0 saturated heterocycles. The largest absolute Gasteiger partial charge is 0.457 e. The summed E-state index contributed by atoms with van der Waals surface area (Å²) in [4.78, 5) is 11.2. The molecular weight excluding hydrogens is 180 g/mol. The van der Waals surface area contributed by atoms with Crippen LogP contribution in [0.3, 0.4) is 0 Å². The number of esters is 1.